The highest BCUT2D eigenvalue weighted by atomic mass is 79.9. The van der Waals surface area contributed by atoms with Crippen molar-refractivity contribution in [1.29, 1.82) is 0 Å². The fourth-order valence-corrected chi connectivity index (χ4v) is 4.15. The number of aromatic nitrogens is 1. The fourth-order valence-electron chi connectivity index (χ4n) is 2.75. The summed E-state index contributed by atoms with van der Waals surface area (Å²) >= 11 is 4.77. The first kappa shape index (κ1) is 15.4. The summed E-state index contributed by atoms with van der Waals surface area (Å²) in [4.78, 5) is 25.1. The van der Waals surface area contributed by atoms with Gasteiger partial charge in [-0.2, -0.15) is 0 Å². The molecule has 1 aliphatic rings. The molecule has 0 aliphatic heterocycles. The smallest absolute Gasteiger partial charge is 0.269 e. The summed E-state index contributed by atoms with van der Waals surface area (Å²) in [7, 11) is 0. The quantitative estimate of drug-likeness (QED) is 0.822. The maximum absolute atomic E-state index is 12.7. The SMILES string of the molecule is C=c1s/c(=C2\C(=O)Cc3ccc(Br)cc32)c(=O)n1CCCC. The maximum atomic E-state index is 12.7. The second-order valence-electron chi connectivity index (χ2n) is 5.41. The van der Waals surface area contributed by atoms with Crippen molar-refractivity contribution in [2.75, 3.05) is 0 Å². The Labute approximate surface area is 140 Å². The first-order chi connectivity index (χ1) is 10.5. The monoisotopic (exact) mass is 377 g/mol. The minimum Gasteiger partial charge on any atom is -0.299 e. The zero-order valence-electron chi connectivity index (χ0n) is 12.3. The van der Waals surface area contributed by atoms with Crippen LogP contribution in [-0.4, -0.2) is 10.4 Å². The number of ketones is 1. The Hall–Kier alpha value is -1.46. The molecule has 2 aromatic rings. The highest BCUT2D eigenvalue weighted by Gasteiger charge is 2.27. The van der Waals surface area contributed by atoms with Crippen molar-refractivity contribution in [2.45, 2.75) is 32.7 Å². The average Bonchev–Trinajstić information content (AvgIpc) is 2.93. The van der Waals surface area contributed by atoms with Crippen LogP contribution in [0.25, 0.3) is 12.2 Å². The Morgan fingerprint density at radius 2 is 2.14 bits per heavy atom. The van der Waals surface area contributed by atoms with Crippen LogP contribution in [0, 0.1) is 0 Å². The van der Waals surface area contributed by atoms with E-state index in [9.17, 15) is 9.59 Å². The molecule has 0 N–H and O–H groups in total. The van der Waals surface area contributed by atoms with Gasteiger partial charge in [-0.25, -0.2) is 0 Å². The number of carbonyl (C=O) groups excluding carboxylic acids is 1. The van der Waals surface area contributed by atoms with E-state index in [4.69, 9.17) is 0 Å². The van der Waals surface area contributed by atoms with Crippen LogP contribution in [0.1, 0.15) is 30.9 Å². The van der Waals surface area contributed by atoms with Crippen molar-refractivity contribution in [3.05, 3.63) is 53.3 Å². The van der Waals surface area contributed by atoms with Crippen molar-refractivity contribution in [2.24, 2.45) is 0 Å². The molecule has 0 saturated carbocycles. The number of hydrogen-bond donors (Lipinski definition) is 0. The highest BCUT2D eigenvalue weighted by Crippen LogP contribution is 2.29. The van der Waals surface area contributed by atoms with Crippen LogP contribution in [0.2, 0.25) is 0 Å². The molecule has 0 radical (unpaired) electrons. The standard InChI is InChI=1S/C17H16BrNO2S/c1-3-4-7-19-10(2)22-16(17(19)21)15-13-9-12(18)6-5-11(13)8-14(15)20/h5-6,9H,2-4,7-8H2,1H3/b16-15-. The summed E-state index contributed by atoms with van der Waals surface area (Å²) in [6.45, 7) is 6.72. The lowest BCUT2D eigenvalue weighted by Crippen LogP contribution is -2.33. The van der Waals surface area contributed by atoms with Crippen LogP contribution in [0.5, 0.6) is 0 Å². The molecule has 5 heteroatoms. The van der Waals surface area contributed by atoms with Crippen molar-refractivity contribution < 1.29 is 4.79 Å². The van der Waals surface area contributed by atoms with Crippen LogP contribution >= 0.6 is 27.3 Å². The molecule has 1 aromatic carbocycles. The van der Waals surface area contributed by atoms with Gasteiger partial charge in [-0.05, 0) is 29.7 Å². The van der Waals surface area contributed by atoms with Gasteiger partial charge < -0.3 is 0 Å². The van der Waals surface area contributed by atoms with Gasteiger partial charge in [0.05, 0.1) is 4.66 Å². The Bertz CT molecular complexity index is 923. The minimum absolute atomic E-state index is 0.0223. The number of hydrogen-bond acceptors (Lipinski definition) is 3. The van der Waals surface area contributed by atoms with E-state index in [1.807, 2.05) is 18.2 Å². The highest BCUT2D eigenvalue weighted by molar-refractivity contribution is 9.10. The van der Waals surface area contributed by atoms with E-state index in [2.05, 4.69) is 29.4 Å². The average molecular weight is 378 g/mol. The van der Waals surface area contributed by atoms with Crippen molar-refractivity contribution in [3.8, 4) is 0 Å². The number of rotatable bonds is 3. The van der Waals surface area contributed by atoms with Crippen molar-refractivity contribution >= 4 is 45.2 Å². The molecule has 0 saturated heterocycles. The molecular formula is C17H16BrNO2S. The van der Waals surface area contributed by atoms with E-state index >= 15 is 0 Å². The van der Waals surface area contributed by atoms with E-state index in [-0.39, 0.29) is 11.3 Å². The normalized spacial score (nSPS) is 16.2. The summed E-state index contributed by atoms with van der Waals surface area (Å²) in [5.41, 5.74) is 2.34. The number of unbranched alkanes of at least 4 members (excludes halogenated alkanes) is 1. The number of benzene rings is 1. The number of fused-ring (bicyclic) bond motifs is 1. The molecule has 0 bridgehead atoms. The largest absolute Gasteiger partial charge is 0.299 e. The second-order valence-corrected chi connectivity index (χ2v) is 7.41. The number of thiazole rings is 1. The summed E-state index contributed by atoms with van der Waals surface area (Å²) in [5, 5.41) is 0. The van der Waals surface area contributed by atoms with Crippen molar-refractivity contribution in [1.82, 2.24) is 4.57 Å². The molecule has 114 valence electrons. The summed E-state index contributed by atoms with van der Waals surface area (Å²) in [5.74, 6) is 0.0223. The summed E-state index contributed by atoms with van der Waals surface area (Å²) < 4.78 is 3.86. The Kier molecular flexibility index (Phi) is 4.19. The zero-order valence-corrected chi connectivity index (χ0v) is 14.7. The Morgan fingerprint density at radius 1 is 1.36 bits per heavy atom. The van der Waals surface area contributed by atoms with E-state index in [0.717, 1.165) is 33.1 Å². The van der Waals surface area contributed by atoms with Crippen LogP contribution in [0.3, 0.4) is 0 Å². The topological polar surface area (TPSA) is 39.1 Å². The first-order valence-corrected chi connectivity index (χ1v) is 8.88. The summed E-state index contributed by atoms with van der Waals surface area (Å²) in [6.07, 6.45) is 2.32. The lowest BCUT2D eigenvalue weighted by atomic mass is 10.1. The Balaban J connectivity index is 2.29. The maximum Gasteiger partial charge on any atom is 0.269 e. The minimum atomic E-state index is -0.0837. The third-order valence-corrected chi connectivity index (χ3v) is 5.43. The van der Waals surface area contributed by atoms with Gasteiger partial charge in [-0.1, -0.05) is 41.9 Å². The van der Waals surface area contributed by atoms with Gasteiger partial charge in [-0.15, -0.1) is 11.3 Å². The van der Waals surface area contributed by atoms with Gasteiger partial charge in [0.2, 0.25) is 0 Å². The van der Waals surface area contributed by atoms with Crippen LogP contribution in [0.15, 0.2) is 27.5 Å². The predicted molar refractivity (Wildman–Crippen MR) is 93.6 cm³/mol. The third kappa shape index (κ3) is 2.52. The molecule has 0 atom stereocenters. The van der Waals surface area contributed by atoms with Crippen LogP contribution in [-0.2, 0) is 17.8 Å². The van der Waals surface area contributed by atoms with Crippen LogP contribution < -0.4 is 14.8 Å². The van der Waals surface area contributed by atoms with Gasteiger partial charge >= 0.3 is 0 Å². The number of halogens is 1. The number of Topliss-reactive ketones (excluding diaryl/α,β-unsaturated/α-hetero) is 1. The number of carbonyl (C=O) groups is 1. The molecule has 3 rings (SSSR count). The van der Waals surface area contributed by atoms with Crippen molar-refractivity contribution in [3.63, 3.8) is 0 Å². The molecule has 0 spiro atoms. The second kappa shape index (κ2) is 5.97. The molecule has 3 nitrogen and oxygen atoms in total. The molecule has 1 aliphatic carbocycles. The molecule has 1 aromatic heterocycles. The molecule has 22 heavy (non-hydrogen) atoms. The van der Waals surface area contributed by atoms with E-state index in [0.29, 0.717) is 23.1 Å². The Morgan fingerprint density at radius 3 is 2.86 bits per heavy atom. The molecular weight excluding hydrogens is 362 g/mol. The van der Waals surface area contributed by atoms with E-state index < -0.39 is 0 Å². The van der Waals surface area contributed by atoms with Gasteiger partial charge in [0.1, 0.15) is 4.53 Å². The zero-order chi connectivity index (χ0) is 15.9. The first-order valence-electron chi connectivity index (χ1n) is 7.27. The molecule has 1 heterocycles. The third-order valence-electron chi connectivity index (χ3n) is 3.89. The lowest BCUT2D eigenvalue weighted by molar-refractivity contribution is -0.112. The number of nitrogens with zero attached hydrogens (tertiary/aromatic N) is 1. The van der Waals surface area contributed by atoms with Gasteiger partial charge in [0, 0.05) is 23.0 Å². The van der Waals surface area contributed by atoms with E-state index in [1.54, 1.807) is 4.57 Å². The molecule has 0 unspecified atom stereocenters. The van der Waals surface area contributed by atoms with E-state index in [1.165, 1.54) is 11.3 Å². The van der Waals surface area contributed by atoms with Gasteiger partial charge in [-0.3, -0.25) is 14.2 Å². The van der Waals surface area contributed by atoms with Gasteiger partial charge in [0.15, 0.2) is 5.78 Å². The van der Waals surface area contributed by atoms with Crippen LogP contribution in [0.4, 0.5) is 0 Å². The molecule has 0 fully saturated rings. The van der Waals surface area contributed by atoms with Gasteiger partial charge in [0.25, 0.3) is 5.56 Å². The fraction of sp³-hybridized carbons (Fsp3) is 0.294. The lowest BCUT2D eigenvalue weighted by Gasteiger charge is -2.00. The summed E-state index contributed by atoms with van der Waals surface area (Å²) in [6, 6.07) is 5.79. The predicted octanol–water partition coefficient (Wildman–Crippen LogP) is 2.21. The molecule has 0 amide bonds.